The van der Waals surface area contributed by atoms with Crippen LogP contribution in [-0.4, -0.2) is 44.1 Å². The molecule has 0 aliphatic carbocycles. The van der Waals surface area contributed by atoms with Crippen molar-refractivity contribution in [2.24, 2.45) is 0 Å². The summed E-state index contributed by atoms with van der Waals surface area (Å²) in [6, 6.07) is 1.25. The Kier molecular flexibility index (Phi) is 5.71. The molecule has 0 radical (unpaired) electrons. The number of carboxylic acids is 1. The molecule has 2 aromatic carbocycles. The van der Waals surface area contributed by atoms with Crippen molar-refractivity contribution in [2.75, 3.05) is 7.11 Å². The van der Waals surface area contributed by atoms with Crippen LogP contribution in [-0.2, 0) is 4.74 Å². The van der Waals surface area contributed by atoms with Gasteiger partial charge >= 0.3 is 17.6 Å². The van der Waals surface area contributed by atoms with Crippen molar-refractivity contribution in [1.29, 1.82) is 0 Å². The first kappa shape index (κ1) is 21.8. The third-order valence-electron chi connectivity index (χ3n) is 3.97. The first-order chi connectivity index (χ1) is 14.5. The van der Waals surface area contributed by atoms with Crippen molar-refractivity contribution in [3.63, 3.8) is 0 Å². The number of aromatic carboxylic acids is 1. The van der Waals surface area contributed by atoms with Crippen molar-refractivity contribution in [2.45, 2.75) is 0 Å². The van der Waals surface area contributed by atoms with Crippen molar-refractivity contribution < 1.29 is 37.0 Å². The zero-order valence-electron chi connectivity index (χ0n) is 15.1. The van der Waals surface area contributed by atoms with Crippen molar-refractivity contribution in [3.8, 4) is 0 Å². The van der Waals surface area contributed by atoms with E-state index in [1.807, 2.05) is 0 Å². The van der Waals surface area contributed by atoms with E-state index in [4.69, 9.17) is 16.7 Å². The molecule has 162 valence electrons. The number of fused-ring (bicyclic) bond motifs is 2. The number of carbonyl (C=O) groups is 2. The van der Waals surface area contributed by atoms with Crippen molar-refractivity contribution in [3.05, 3.63) is 62.3 Å². The van der Waals surface area contributed by atoms with E-state index in [1.54, 1.807) is 0 Å². The van der Waals surface area contributed by atoms with Crippen LogP contribution in [0.5, 0.6) is 0 Å². The van der Waals surface area contributed by atoms with E-state index in [2.05, 4.69) is 24.7 Å². The van der Waals surface area contributed by atoms with Gasteiger partial charge in [0.2, 0.25) is 5.28 Å². The lowest BCUT2D eigenvalue weighted by atomic mass is 10.1. The molecule has 31 heavy (non-hydrogen) atoms. The van der Waals surface area contributed by atoms with Crippen LogP contribution >= 0.6 is 11.6 Å². The molecule has 14 heteroatoms. The number of hydrogen-bond acceptors (Lipinski definition) is 5. The molecule has 4 N–H and O–H groups in total. The monoisotopic (exact) mass is 460 g/mol. The predicted molar refractivity (Wildman–Crippen MR) is 98.2 cm³/mol. The fourth-order valence-corrected chi connectivity index (χ4v) is 2.82. The Hall–Kier alpha value is -3.87. The summed E-state index contributed by atoms with van der Waals surface area (Å²) in [5, 5.41) is 8.53. The van der Waals surface area contributed by atoms with Gasteiger partial charge in [-0.25, -0.2) is 36.9 Å². The Labute approximate surface area is 172 Å². The molecule has 0 aliphatic heterocycles. The molecule has 0 bridgehead atoms. The molecule has 0 atom stereocenters. The SMILES string of the molecule is COC(=O)c1cc(F)c(F)c2[nH]c(=O)[nH]c12.O=C(O)c1cc(F)c(F)c2nc(Cl)[nH]c12. The van der Waals surface area contributed by atoms with Crippen LogP contribution in [0.25, 0.3) is 22.1 Å². The third-order valence-corrected chi connectivity index (χ3v) is 4.14. The topological polar surface area (TPSA) is 141 Å². The number of nitrogens with zero attached hydrogens (tertiary/aromatic N) is 1. The van der Waals surface area contributed by atoms with Gasteiger partial charge in [-0.3, -0.25) is 0 Å². The van der Waals surface area contributed by atoms with Crippen molar-refractivity contribution in [1.82, 2.24) is 19.9 Å². The van der Waals surface area contributed by atoms with Crippen LogP contribution in [0.4, 0.5) is 17.6 Å². The van der Waals surface area contributed by atoms with E-state index in [9.17, 15) is 31.9 Å². The van der Waals surface area contributed by atoms with Gasteiger partial charge in [0, 0.05) is 0 Å². The molecule has 4 aromatic rings. The fraction of sp³-hybridized carbons (Fsp3) is 0.0588. The zero-order valence-corrected chi connectivity index (χ0v) is 15.8. The lowest BCUT2D eigenvalue weighted by Gasteiger charge is -2.02. The van der Waals surface area contributed by atoms with Gasteiger partial charge in [0.05, 0.1) is 29.3 Å². The highest BCUT2D eigenvalue weighted by Crippen LogP contribution is 2.24. The summed E-state index contributed by atoms with van der Waals surface area (Å²) in [5.41, 5.74) is -2.44. The Bertz CT molecular complexity index is 1410. The number of hydrogen-bond donors (Lipinski definition) is 4. The normalized spacial score (nSPS) is 10.8. The summed E-state index contributed by atoms with van der Waals surface area (Å²) >= 11 is 5.44. The summed E-state index contributed by atoms with van der Waals surface area (Å²) in [7, 11) is 1.10. The van der Waals surface area contributed by atoms with Gasteiger partial charge in [-0.1, -0.05) is 0 Å². The predicted octanol–water partition coefficient (Wildman–Crippen LogP) is 3.11. The number of carbonyl (C=O) groups excluding carboxylic acids is 1. The lowest BCUT2D eigenvalue weighted by molar-refractivity contribution is 0.0601. The molecule has 2 heterocycles. The number of aromatic amines is 3. The molecule has 4 rings (SSSR count). The molecule has 0 amide bonds. The van der Waals surface area contributed by atoms with Gasteiger partial charge in [0.15, 0.2) is 23.3 Å². The molecular weight excluding hydrogens is 452 g/mol. The molecule has 2 aromatic heterocycles. The van der Waals surface area contributed by atoms with Crippen LogP contribution in [0.3, 0.4) is 0 Å². The summed E-state index contributed by atoms with van der Waals surface area (Å²) in [6.45, 7) is 0. The van der Waals surface area contributed by atoms with E-state index in [-0.39, 0.29) is 27.4 Å². The number of imidazole rings is 2. The Morgan fingerprint density at radius 3 is 2.16 bits per heavy atom. The fourth-order valence-electron chi connectivity index (χ4n) is 2.64. The number of aromatic nitrogens is 4. The molecule has 0 spiro atoms. The molecule has 0 unspecified atom stereocenters. The number of H-pyrrole nitrogens is 3. The van der Waals surface area contributed by atoms with E-state index in [0.29, 0.717) is 12.1 Å². The molecule has 0 fully saturated rings. The van der Waals surface area contributed by atoms with Crippen LogP contribution in [0.1, 0.15) is 20.7 Å². The van der Waals surface area contributed by atoms with E-state index < -0.39 is 52.0 Å². The second-order valence-electron chi connectivity index (χ2n) is 5.82. The third kappa shape index (κ3) is 3.94. The zero-order chi connectivity index (χ0) is 23.0. The van der Waals surface area contributed by atoms with Gasteiger partial charge in [-0.05, 0) is 23.7 Å². The average molecular weight is 461 g/mol. The van der Waals surface area contributed by atoms with Gasteiger partial charge in [0.25, 0.3) is 0 Å². The standard InChI is InChI=1S/C9H6F2N2O3.C8H3ClF2N2O2/c1-16-8(14)3-2-4(10)5(11)7-6(3)12-9(15)13-7;9-8-12-5-2(7(14)15)1-3(10)4(11)6(5)13-8/h2H,1H3,(H2,12,13,15);1H,(H,12,13)(H,14,15). The quantitative estimate of drug-likeness (QED) is 0.267. The maximum absolute atomic E-state index is 13.2. The second kappa shape index (κ2) is 8.10. The number of carboxylic acid groups (broad SMARTS) is 1. The van der Waals surface area contributed by atoms with Crippen LogP contribution in [0.15, 0.2) is 16.9 Å². The Balaban J connectivity index is 0.000000176. The minimum atomic E-state index is -1.39. The van der Waals surface area contributed by atoms with Crippen LogP contribution in [0, 0.1) is 23.3 Å². The highest BCUT2D eigenvalue weighted by Gasteiger charge is 2.20. The number of methoxy groups -OCH3 is 1. The minimum Gasteiger partial charge on any atom is -0.478 e. The van der Waals surface area contributed by atoms with E-state index in [1.165, 1.54) is 0 Å². The smallest absolute Gasteiger partial charge is 0.340 e. The van der Waals surface area contributed by atoms with E-state index in [0.717, 1.165) is 7.11 Å². The van der Waals surface area contributed by atoms with E-state index >= 15 is 0 Å². The molecule has 9 nitrogen and oxygen atoms in total. The number of nitrogens with one attached hydrogen (secondary N) is 3. The largest absolute Gasteiger partial charge is 0.478 e. The number of esters is 1. The number of ether oxygens (including phenoxy) is 1. The van der Waals surface area contributed by atoms with Crippen LogP contribution < -0.4 is 5.69 Å². The first-order valence-corrected chi connectivity index (χ1v) is 8.37. The van der Waals surface area contributed by atoms with Gasteiger partial charge in [-0.15, -0.1) is 0 Å². The Morgan fingerprint density at radius 1 is 0.968 bits per heavy atom. The lowest BCUT2D eigenvalue weighted by Crippen LogP contribution is -2.05. The summed E-state index contributed by atoms with van der Waals surface area (Å²) in [5.74, 6) is -7.20. The molecular formula is C17H9ClF4N4O5. The Morgan fingerprint density at radius 2 is 1.55 bits per heavy atom. The summed E-state index contributed by atoms with van der Waals surface area (Å²) in [6.07, 6.45) is 0. The molecule has 0 aliphatic rings. The highest BCUT2D eigenvalue weighted by atomic mass is 35.5. The summed E-state index contributed by atoms with van der Waals surface area (Å²) < 4.78 is 56.8. The van der Waals surface area contributed by atoms with Gasteiger partial charge in [-0.2, -0.15) is 0 Å². The maximum Gasteiger partial charge on any atom is 0.340 e. The average Bonchev–Trinajstić information content (AvgIpc) is 3.30. The second-order valence-corrected chi connectivity index (χ2v) is 6.17. The first-order valence-electron chi connectivity index (χ1n) is 8.00. The molecule has 0 saturated carbocycles. The van der Waals surface area contributed by atoms with Gasteiger partial charge in [0.1, 0.15) is 11.0 Å². The van der Waals surface area contributed by atoms with Gasteiger partial charge < -0.3 is 24.8 Å². The highest BCUT2D eigenvalue weighted by molar-refractivity contribution is 6.29. The van der Waals surface area contributed by atoms with Crippen LogP contribution in [0.2, 0.25) is 5.28 Å². The minimum absolute atomic E-state index is 0.115. The number of benzene rings is 2. The maximum atomic E-state index is 13.2. The molecule has 0 saturated heterocycles. The summed E-state index contributed by atoms with van der Waals surface area (Å²) in [4.78, 5) is 43.0. The van der Waals surface area contributed by atoms with Crippen molar-refractivity contribution >= 4 is 45.6 Å². The number of rotatable bonds is 2. The number of halogens is 5.